The lowest BCUT2D eigenvalue weighted by atomic mass is 9.97. The average Bonchev–Trinajstić information content (AvgIpc) is 2.89. The summed E-state index contributed by atoms with van der Waals surface area (Å²) in [4.78, 5) is 14.1. The number of nitrogens with zero attached hydrogens (tertiary/aromatic N) is 3. The van der Waals surface area contributed by atoms with Crippen molar-refractivity contribution in [1.29, 1.82) is 0 Å². The lowest BCUT2D eigenvalue weighted by Crippen LogP contribution is -2.38. The van der Waals surface area contributed by atoms with Gasteiger partial charge in [0.05, 0.1) is 0 Å². The standard InChI is InChI=1S/C15H25N3O/c1-13(2)15(19)6-10-17-8-3-5-14(11-17)12-18-9-4-7-16-18/h4,7,9,13-14H,3,5-6,8,10-12H2,1-2H3. The highest BCUT2D eigenvalue weighted by Gasteiger charge is 2.21. The minimum absolute atomic E-state index is 0.171. The van der Waals surface area contributed by atoms with Crippen molar-refractivity contribution in [3.05, 3.63) is 18.5 Å². The Morgan fingerprint density at radius 2 is 2.32 bits per heavy atom. The van der Waals surface area contributed by atoms with Crippen molar-refractivity contribution < 1.29 is 4.79 Å². The van der Waals surface area contributed by atoms with Gasteiger partial charge >= 0.3 is 0 Å². The van der Waals surface area contributed by atoms with Crippen LogP contribution < -0.4 is 0 Å². The third kappa shape index (κ3) is 4.46. The van der Waals surface area contributed by atoms with Gasteiger partial charge in [-0.15, -0.1) is 0 Å². The number of hydrogen-bond donors (Lipinski definition) is 0. The molecule has 1 aliphatic heterocycles. The topological polar surface area (TPSA) is 38.1 Å². The molecule has 4 nitrogen and oxygen atoms in total. The quantitative estimate of drug-likeness (QED) is 0.790. The number of hydrogen-bond acceptors (Lipinski definition) is 3. The van der Waals surface area contributed by atoms with Gasteiger partial charge in [-0.25, -0.2) is 0 Å². The maximum atomic E-state index is 11.7. The van der Waals surface area contributed by atoms with E-state index in [0.717, 1.165) is 26.2 Å². The van der Waals surface area contributed by atoms with Gasteiger partial charge in [-0.1, -0.05) is 13.8 Å². The summed E-state index contributed by atoms with van der Waals surface area (Å²) in [6.07, 6.45) is 7.07. The number of ketones is 1. The molecule has 0 bridgehead atoms. The molecule has 2 heterocycles. The molecule has 19 heavy (non-hydrogen) atoms. The summed E-state index contributed by atoms with van der Waals surface area (Å²) in [6.45, 7) is 8.14. The molecule has 0 aliphatic carbocycles. The second-order valence-electron chi connectivity index (χ2n) is 5.91. The molecule has 1 aromatic heterocycles. The van der Waals surface area contributed by atoms with Crippen LogP contribution in [0.2, 0.25) is 0 Å². The average molecular weight is 263 g/mol. The Labute approximate surface area is 115 Å². The number of aromatic nitrogens is 2. The van der Waals surface area contributed by atoms with Crippen molar-refractivity contribution in [2.24, 2.45) is 11.8 Å². The predicted octanol–water partition coefficient (Wildman–Crippen LogP) is 2.21. The van der Waals surface area contributed by atoms with Crippen LogP contribution in [0.4, 0.5) is 0 Å². The summed E-state index contributed by atoms with van der Waals surface area (Å²) < 4.78 is 2.02. The minimum atomic E-state index is 0.171. The minimum Gasteiger partial charge on any atom is -0.303 e. The van der Waals surface area contributed by atoms with Gasteiger partial charge < -0.3 is 4.90 Å². The molecule has 1 fully saturated rings. The summed E-state index contributed by atoms with van der Waals surface area (Å²) in [5, 5.41) is 4.28. The predicted molar refractivity (Wildman–Crippen MR) is 75.9 cm³/mol. The number of rotatable bonds is 6. The van der Waals surface area contributed by atoms with E-state index in [9.17, 15) is 4.79 Å². The van der Waals surface area contributed by atoms with E-state index in [1.807, 2.05) is 37.0 Å². The van der Waals surface area contributed by atoms with Gasteiger partial charge in [-0.05, 0) is 31.4 Å². The fourth-order valence-electron chi connectivity index (χ4n) is 2.73. The van der Waals surface area contributed by atoms with Crippen molar-refractivity contribution in [2.75, 3.05) is 19.6 Å². The Kier molecular flexibility index (Phi) is 5.14. The highest BCUT2D eigenvalue weighted by Crippen LogP contribution is 2.18. The summed E-state index contributed by atoms with van der Waals surface area (Å²) in [6, 6.07) is 1.97. The zero-order chi connectivity index (χ0) is 13.7. The van der Waals surface area contributed by atoms with Crippen molar-refractivity contribution in [3.8, 4) is 0 Å². The van der Waals surface area contributed by atoms with Crippen molar-refractivity contribution in [2.45, 2.75) is 39.7 Å². The highest BCUT2D eigenvalue weighted by atomic mass is 16.1. The lowest BCUT2D eigenvalue weighted by molar-refractivity contribution is -0.122. The van der Waals surface area contributed by atoms with E-state index in [4.69, 9.17) is 0 Å². The van der Waals surface area contributed by atoms with Crippen LogP contribution in [0, 0.1) is 11.8 Å². The maximum absolute atomic E-state index is 11.7. The van der Waals surface area contributed by atoms with Crippen LogP contribution in [0.3, 0.4) is 0 Å². The van der Waals surface area contributed by atoms with Gasteiger partial charge in [-0.3, -0.25) is 9.48 Å². The molecule has 0 aromatic carbocycles. The van der Waals surface area contributed by atoms with Crippen LogP contribution in [0.5, 0.6) is 0 Å². The summed E-state index contributed by atoms with van der Waals surface area (Å²) in [7, 11) is 0. The van der Waals surface area contributed by atoms with Gasteiger partial charge in [-0.2, -0.15) is 5.10 Å². The van der Waals surface area contributed by atoms with Gasteiger partial charge in [0.1, 0.15) is 5.78 Å². The van der Waals surface area contributed by atoms with E-state index in [2.05, 4.69) is 10.00 Å². The summed E-state index contributed by atoms with van der Waals surface area (Å²) in [5.74, 6) is 1.22. The van der Waals surface area contributed by atoms with Crippen molar-refractivity contribution in [3.63, 3.8) is 0 Å². The van der Waals surface area contributed by atoms with E-state index >= 15 is 0 Å². The second kappa shape index (κ2) is 6.85. The first-order valence-corrected chi connectivity index (χ1v) is 7.37. The molecule has 106 valence electrons. The third-order valence-corrected chi connectivity index (χ3v) is 3.93. The van der Waals surface area contributed by atoms with E-state index in [0.29, 0.717) is 18.1 Å². The van der Waals surface area contributed by atoms with E-state index in [-0.39, 0.29) is 5.92 Å². The first kappa shape index (κ1) is 14.3. The molecule has 1 unspecified atom stereocenters. The van der Waals surface area contributed by atoms with Crippen LogP contribution >= 0.6 is 0 Å². The molecule has 0 radical (unpaired) electrons. The fourth-order valence-corrected chi connectivity index (χ4v) is 2.73. The highest BCUT2D eigenvalue weighted by molar-refractivity contribution is 5.80. The Balaban J connectivity index is 1.75. The first-order valence-electron chi connectivity index (χ1n) is 7.37. The second-order valence-corrected chi connectivity index (χ2v) is 5.91. The summed E-state index contributed by atoms with van der Waals surface area (Å²) >= 11 is 0. The van der Waals surface area contributed by atoms with Gasteiger partial charge in [0.25, 0.3) is 0 Å². The van der Waals surface area contributed by atoms with E-state index in [1.165, 1.54) is 12.8 Å². The number of piperidine rings is 1. The molecule has 1 aromatic rings. The first-order chi connectivity index (χ1) is 9.15. The molecule has 0 spiro atoms. The van der Waals surface area contributed by atoms with Gasteiger partial charge in [0.2, 0.25) is 0 Å². The summed E-state index contributed by atoms with van der Waals surface area (Å²) in [5.41, 5.74) is 0. The zero-order valence-corrected chi connectivity index (χ0v) is 12.1. The molecular weight excluding hydrogens is 238 g/mol. The lowest BCUT2D eigenvalue weighted by Gasteiger charge is -2.32. The number of likely N-dealkylation sites (tertiary alicyclic amines) is 1. The SMILES string of the molecule is CC(C)C(=O)CCN1CCCC(Cn2cccn2)C1. The monoisotopic (exact) mass is 263 g/mol. The van der Waals surface area contributed by atoms with E-state index in [1.54, 1.807) is 0 Å². The van der Waals surface area contributed by atoms with E-state index < -0.39 is 0 Å². The maximum Gasteiger partial charge on any atom is 0.136 e. The Morgan fingerprint density at radius 3 is 3.00 bits per heavy atom. The fraction of sp³-hybridized carbons (Fsp3) is 0.733. The molecule has 0 N–H and O–H groups in total. The Hall–Kier alpha value is -1.16. The number of carbonyl (C=O) groups excluding carboxylic acids is 1. The van der Waals surface area contributed by atoms with Crippen LogP contribution in [-0.4, -0.2) is 40.1 Å². The molecule has 0 amide bonds. The number of Topliss-reactive ketones (excluding diaryl/α,β-unsaturated/α-hetero) is 1. The molecular formula is C15H25N3O. The smallest absolute Gasteiger partial charge is 0.136 e. The zero-order valence-electron chi connectivity index (χ0n) is 12.1. The Bertz CT molecular complexity index is 386. The van der Waals surface area contributed by atoms with Crippen LogP contribution in [0.25, 0.3) is 0 Å². The van der Waals surface area contributed by atoms with Gasteiger partial charge in [0.15, 0.2) is 0 Å². The molecule has 2 rings (SSSR count). The molecule has 0 saturated carbocycles. The third-order valence-electron chi connectivity index (χ3n) is 3.93. The van der Waals surface area contributed by atoms with Crippen molar-refractivity contribution >= 4 is 5.78 Å². The molecule has 1 atom stereocenters. The largest absolute Gasteiger partial charge is 0.303 e. The van der Waals surface area contributed by atoms with Crippen molar-refractivity contribution in [1.82, 2.24) is 14.7 Å². The van der Waals surface area contributed by atoms with Crippen LogP contribution in [0.15, 0.2) is 18.5 Å². The van der Waals surface area contributed by atoms with Gasteiger partial charge in [0, 0.05) is 44.4 Å². The van der Waals surface area contributed by atoms with Crippen LogP contribution in [-0.2, 0) is 11.3 Å². The molecule has 1 aliphatic rings. The Morgan fingerprint density at radius 1 is 1.47 bits per heavy atom. The molecule has 4 heteroatoms. The number of carbonyl (C=O) groups is 1. The van der Waals surface area contributed by atoms with Crippen LogP contribution in [0.1, 0.15) is 33.1 Å². The molecule has 1 saturated heterocycles. The normalized spacial score (nSPS) is 20.9.